The van der Waals surface area contributed by atoms with Crippen molar-refractivity contribution in [3.05, 3.63) is 40.7 Å². The second kappa shape index (κ2) is 4.91. The van der Waals surface area contributed by atoms with E-state index in [1.165, 1.54) is 6.07 Å². The van der Waals surface area contributed by atoms with Gasteiger partial charge in [0.15, 0.2) is 0 Å². The number of hydrogen-bond acceptors (Lipinski definition) is 1. The number of aliphatic hydroxyl groups is 1. The fourth-order valence-electron chi connectivity index (χ4n) is 1.25. The molecule has 0 aromatic heterocycles. The smallest absolute Gasteiger partial charge is 0.130 e. The zero-order valence-corrected chi connectivity index (χ0v) is 8.55. The van der Waals surface area contributed by atoms with E-state index < -0.39 is 0 Å². The number of aryl methyl sites for hydroxylation is 1. The Bertz CT molecular complexity index is 336. The normalized spacial score (nSPS) is 11.9. The Kier molecular flexibility index (Phi) is 3.84. The number of halogens is 1. The van der Waals surface area contributed by atoms with E-state index >= 15 is 0 Å². The summed E-state index contributed by atoms with van der Waals surface area (Å²) in [5.41, 5.74) is 2.41. The van der Waals surface area contributed by atoms with Crippen molar-refractivity contribution >= 4 is 6.08 Å². The van der Waals surface area contributed by atoms with Crippen LogP contribution in [0.15, 0.2) is 23.8 Å². The summed E-state index contributed by atoms with van der Waals surface area (Å²) < 4.78 is 13.3. The lowest BCUT2D eigenvalue weighted by Crippen LogP contribution is -1.90. The van der Waals surface area contributed by atoms with Crippen LogP contribution in [-0.2, 0) is 0 Å². The van der Waals surface area contributed by atoms with Gasteiger partial charge in [-0.2, -0.15) is 0 Å². The van der Waals surface area contributed by atoms with Gasteiger partial charge in [0.05, 0.1) is 6.61 Å². The monoisotopic (exact) mass is 194 g/mol. The van der Waals surface area contributed by atoms with Crippen LogP contribution >= 0.6 is 0 Å². The summed E-state index contributed by atoms with van der Waals surface area (Å²) >= 11 is 0. The molecule has 1 nitrogen and oxygen atoms in total. The molecule has 76 valence electrons. The maximum absolute atomic E-state index is 13.3. The fraction of sp³-hybridized carbons (Fsp3) is 0.333. The summed E-state index contributed by atoms with van der Waals surface area (Å²) in [6, 6.07) is 4.96. The summed E-state index contributed by atoms with van der Waals surface area (Å²) in [5, 5.41) is 8.96. The molecule has 0 radical (unpaired) electrons. The van der Waals surface area contributed by atoms with E-state index in [-0.39, 0.29) is 12.4 Å². The molecule has 0 unspecified atom stereocenters. The van der Waals surface area contributed by atoms with Gasteiger partial charge in [0.25, 0.3) is 0 Å². The minimum atomic E-state index is -0.241. The van der Waals surface area contributed by atoms with E-state index in [1.807, 2.05) is 13.8 Å². The molecule has 0 amide bonds. The average Bonchev–Trinajstić information content (AvgIpc) is 2.19. The third-order valence-electron chi connectivity index (χ3n) is 2.17. The van der Waals surface area contributed by atoms with Crippen molar-refractivity contribution in [3.8, 4) is 0 Å². The van der Waals surface area contributed by atoms with Gasteiger partial charge in [0.1, 0.15) is 5.82 Å². The number of aliphatic hydroxyl groups excluding tert-OH is 1. The van der Waals surface area contributed by atoms with Crippen molar-refractivity contribution in [2.24, 2.45) is 0 Å². The first kappa shape index (κ1) is 10.9. The van der Waals surface area contributed by atoms with Crippen LogP contribution in [0.3, 0.4) is 0 Å². The topological polar surface area (TPSA) is 20.2 Å². The number of benzene rings is 1. The molecule has 14 heavy (non-hydrogen) atoms. The van der Waals surface area contributed by atoms with Crippen molar-refractivity contribution in [3.63, 3.8) is 0 Å². The van der Waals surface area contributed by atoms with Gasteiger partial charge in [-0.3, -0.25) is 0 Å². The van der Waals surface area contributed by atoms with Crippen LogP contribution in [0.1, 0.15) is 24.5 Å². The van der Waals surface area contributed by atoms with Crippen molar-refractivity contribution in [1.29, 1.82) is 0 Å². The average molecular weight is 194 g/mol. The Balaban J connectivity index is 3.06. The zero-order valence-electron chi connectivity index (χ0n) is 8.55. The van der Waals surface area contributed by atoms with Gasteiger partial charge >= 0.3 is 0 Å². The molecule has 0 heterocycles. The first-order chi connectivity index (χ1) is 6.67. The first-order valence-electron chi connectivity index (χ1n) is 4.73. The third kappa shape index (κ3) is 2.67. The molecule has 0 saturated heterocycles. The van der Waals surface area contributed by atoms with Crippen LogP contribution in [-0.4, -0.2) is 11.7 Å². The fourth-order valence-corrected chi connectivity index (χ4v) is 1.25. The number of hydrogen-bond donors (Lipinski definition) is 1. The molecule has 2 heteroatoms. The molecule has 0 aliphatic carbocycles. The van der Waals surface area contributed by atoms with Gasteiger partial charge < -0.3 is 5.11 Å². The molecule has 0 spiro atoms. The third-order valence-corrected chi connectivity index (χ3v) is 2.17. The minimum absolute atomic E-state index is 0.0100. The van der Waals surface area contributed by atoms with E-state index in [2.05, 4.69) is 0 Å². The second-order valence-corrected chi connectivity index (χ2v) is 3.34. The van der Waals surface area contributed by atoms with Gasteiger partial charge in [-0.25, -0.2) is 4.39 Å². The number of rotatable bonds is 3. The molecular formula is C12H15FO. The highest BCUT2D eigenvalue weighted by molar-refractivity contribution is 5.54. The summed E-state index contributed by atoms with van der Waals surface area (Å²) in [5.74, 6) is -0.241. The van der Waals surface area contributed by atoms with Gasteiger partial charge in [0.2, 0.25) is 0 Å². The van der Waals surface area contributed by atoms with Gasteiger partial charge in [-0.1, -0.05) is 24.6 Å². The molecule has 0 saturated carbocycles. The Hall–Kier alpha value is -1.15. The molecule has 1 N–H and O–H groups in total. The summed E-state index contributed by atoms with van der Waals surface area (Å²) in [4.78, 5) is 0. The van der Waals surface area contributed by atoms with Gasteiger partial charge in [0, 0.05) is 5.56 Å². The molecule has 0 bridgehead atoms. The molecule has 0 aliphatic rings. The van der Waals surface area contributed by atoms with Crippen molar-refractivity contribution in [2.45, 2.75) is 20.3 Å². The predicted octanol–water partition coefficient (Wildman–Crippen LogP) is 2.92. The largest absolute Gasteiger partial charge is 0.392 e. The predicted molar refractivity (Wildman–Crippen MR) is 56.5 cm³/mol. The minimum Gasteiger partial charge on any atom is -0.392 e. The molecular weight excluding hydrogens is 179 g/mol. The highest BCUT2D eigenvalue weighted by Crippen LogP contribution is 2.15. The van der Waals surface area contributed by atoms with Crippen LogP contribution < -0.4 is 0 Å². The van der Waals surface area contributed by atoms with Crippen molar-refractivity contribution in [1.82, 2.24) is 0 Å². The van der Waals surface area contributed by atoms with E-state index in [0.29, 0.717) is 5.56 Å². The SMILES string of the molecule is CC/C(=C/c1cc(C)ccc1F)CO. The van der Waals surface area contributed by atoms with Crippen LogP contribution in [0.2, 0.25) is 0 Å². The molecule has 0 fully saturated rings. The highest BCUT2D eigenvalue weighted by Gasteiger charge is 2.00. The Morgan fingerprint density at radius 3 is 2.79 bits per heavy atom. The summed E-state index contributed by atoms with van der Waals surface area (Å²) in [6.07, 6.45) is 2.45. The molecule has 0 atom stereocenters. The van der Waals surface area contributed by atoms with Crippen LogP contribution in [0.5, 0.6) is 0 Å². The first-order valence-corrected chi connectivity index (χ1v) is 4.73. The lowest BCUT2D eigenvalue weighted by atomic mass is 10.1. The quantitative estimate of drug-likeness (QED) is 0.784. The zero-order chi connectivity index (χ0) is 10.6. The van der Waals surface area contributed by atoms with E-state index in [9.17, 15) is 4.39 Å². The highest BCUT2D eigenvalue weighted by atomic mass is 19.1. The standard InChI is InChI=1S/C12H15FO/c1-3-10(8-14)7-11-6-9(2)4-5-12(11)13/h4-7,14H,3,8H2,1-2H3/b10-7-. The van der Waals surface area contributed by atoms with Gasteiger partial charge in [-0.15, -0.1) is 0 Å². The lowest BCUT2D eigenvalue weighted by Gasteiger charge is -2.02. The Labute approximate surface area is 83.9 Å². The second-order valence-electron chi connectivity index (χ2n) is 3.34. The molecule has 0 aliphatic heterocycles. The van der Waals surface area contributed by atoms with Crippen molar-refractivity contribution < 1.29 is 9.50 Å². The molecule has 1 aromatic rings. The Morgan fingerprint density at radius 2 is 2.21 bits per heavy atom. The molecule has 1 rings (SSSR count). The van der Waals surface area contributed by atoms with Crippen LogP contribution in [0.4, 0.5) is 4.39 Å². The van der Waals surface area contributed by atoms with Crippen LogP contribution in [0, 0.1) is 12.7 Å². The van der Waals surface area contributed by atoms with Crippen molar-refractivity contribution in [2.75, 3.05) is 6.61 Å². The summed E-state index contributed by atoms with van der Waals surface area (Å²) in [6.45, 7) is 3.85. The maximum atomic E-state index is 13.3. The maximum Gasteiger partial charge on any atom is 0.130 e. The van der Waals surface area contributed by atoms with E-state index in [1.54, 1.807) is 18.2 Å². The van der Waals surface area contributed by atoms with Gasteiger partial charge in [-0.05, 0) is 31.1 Å². The van der Waals surface area contributed by atoms with E-state index in [0.717, 1.165) is 17.6 Å². The van der Waals surface area contributed by atoms with Crippen LogP contribution in [0.25, 0.3) is 6.08 Å². The molecule has 1 aromatic carbocycles. The van der Waals surface area contributed by atoms with E-state index in [4.69, 9.17) is 5.11 Å². The summed E-state index contributed by atoms with van der Waals surface area (Å²) in [7, 11) is 0. The Morgan fingerprint density at radius 1 is 1.50 bits per heavy atom. The lowest BCUT2D eigenvalue weighted by molar-refractivity contribution is 0.329.